The molecule has 0 unspecified atom stereocenters. The minimum Gasteiger partial charge on any atom is -0.320 e. The maximum Gasteiger partial charge on any atom is 0.276 e. The number of anilines is 1. The number of hydrogen-bond donors (Lipinski definition) is 1. The highest BCUT2D eigenvalue weighted by atomic mass is 16.2. The molecule has 4 nitrogen and oxygen atoms in total. The minimum atomic E-state index is -0.225. The second-order valence-electron chi connectivity index (χ2n) is 8.83. The molecule has 0 bridgehead atoms. The summed E-state index contributed by atoms with van der Waals surface area (Å²) in [6.45, 7) is 6.08. The van der Waals surface area contributed by atoms with Gasteiger partial charge in [0.2, 0.25) is 0 Å². The summed E-state index contributed by atoms with van der Waals surface area (Å²) in [6.07, 6.45) is 0. The molecule has 0 atom stereocenters. The van der Waals surface area contributed by atoms with Crippen LogP contribution < -0.4 is 5.32 Å². The molecular formula is C31H27N3O. The molecule has 0 aliphatic heterocycles. The molecule has 172 valence electrons. The first-order valence-corrected chi connectivity index (χ1v) is 11.7. The summed E-state index contributed by atoms with van der Waals surface area (Å²) in [7, 11) is 0. The SMILES string of the molecule is Cc1cc(C)c(NC(=O)c2cc(-c3ccc(-c4ccccc4)cc3)n(-c3ccccc3)n2)c(C)c1. The molecule has 0 fully saturated rings. The van der Waals surface area contributed by atoms with Crippen LogP contribution in [0, 0.1) is 20.8 Å². The van der Waals surface area contributed by atoms with Crippen molar-refractivity contribution in [1.29, 1.82) is 0 Å². The van der Waals surface area contributed by atoms with Crippen LogP contribution in [-0.4, -0.2) is 15.7 Å². The second kappa shape index (κ2) is 9.43. The maximum absolute atomic E-state index is 13.3. The second-order valence-corrected chi connectivity index (χ2v) is 8.83. The highest BCUT2D eigenvalue weighted by Crippen LogP contribution is 2.28. The van der Waals surface area contributed by atoms with Crippen LogP contribution in [0.1, 0.15) is 27.2 Å². The standard InChI is InChI=1S/C31H27N3O/c1-21-18-22(2)30(23(3)19-21)32-31(35)28-20-29(34(33-28)27-12-8-5-9-13-27)26-16-14-25(15-17-26)24-10-6-4-7-11-24/h4-20H,1-3H3,(H,32,35). The van der Waals surface area contributed by atoms with E-state index in [-0.39, 0.29) is 5.91 Å². The molecule has 1 N–H and O–H groups in total. The fraction of sp³-hybridized carbons (Fsp3) is 0.0968. The zero-order chi connectivity index (χ0) is 24.4. The van der Waals surface area contributed by atoms with Gasteiger partial charge in [-0.05, 0) is 61.2 Å². The molecule has 4 aromatic carbocycles. The molecule has 1 heterocycles. The first-order valence-electron chi connectivity index (χ1n) is 11.7. The van der Waals surface area contributed by atoms with Crippen LogP contribution in [0.15, 0.2) is 103 Å². The zero-order valence-electron chi connectivity index (χ0n) is 20.1. The summed E-state index contributed by atoms with van der Waals surface area (Å²) in [5.74, 6) is -0.225. The number of para-hydroxylation sites is 1. The molecule has 5 aromatic rings. The van der Waals surface area contributed by atoms with E-state index in [1.807, 2.05) is 73.1 Å². The van der Waals surface area contributed by atoms with Crippen molar-refractivity contribution in [1.82, 2.24) is 9.78 Å². The lowest BCUT2D eigenvalue weighted by atomic mass is 10.0. The molecule has 1 aromatic heterocycles. The molecule has 0 aliphatic carbocycles. The van der Waals surface area contributed by atoms with Crippen LogP contribution in [0.5, 0.6) is 0 Å². The van der Waals surface area contributed by atoms with Gasteiger partial charge in [-0.15, -0.1) is 0 Å². The van der Waals surface area contributed by atoms with Gasteiger partial charge in [0.25, 0.3) is 5.91 Å². The zero-order valence-corrected chi connectivity index (χ0v) is 20.1. The number of carbonyl (C=O) groups excluding carboxylic acids is 1. The molecule has 4 heteroatoms. The Labute approximate surface area is 205 Å². The Balaban J connectivity index is 1.53. The summed E-state index contributed by atoms with van der Waals surface area (Å²) < 4.78 is 1.83. The molecule has 0 aliphatic rings. The fourth-order valence-corrected chi connectivity index (χ4v) is 4.48. The van der Waals surface area contributed by atoms with Crippen molar-refractivity contribution in [2.24, 2.45) is 0 Å². The Morgan fingerprint density at radius 2 is 1.23 bits per heavy atom. The van der Waals surface area contributed by atoms with Crippen molar-refractivity contribution < 1.29 is 4.79 Å². The number of nitrogens with one attached hydrogen (secondary N) is 1. The van der Waals surface area contributed by atoms with Crippen LogP contribution in [0.3, 0.4) is 0 Å². The van der Waals surface area contributed by atoms with Gasteiger partial charge in [-0.1, -0.05) is 90.5 Å². The monoisotopic (exact) mass is 457 g/mol. The van der Waals surface area contributed by atoms with Crippen molar-refractivity contribution >= 4 is 11.6 Å². The van der Waals surface area contributed by atoms with Crippen molar-refractivity contribution in [3.8, 4) is 28.1 Å². The first-order chi connectivity index (χ1) is 17.0. The van der Waals surface area contributed by atoms with Gasteiger partial charge in [0, 0.05) is 11.3 Å². The topological polar surface area (TPSA) is 46.9 Å². The van der Waals surface area contributed by atoms with E-state index in [4.69, 9.17) is 5.10 Å². The number of aryl methyl sites for hydroxylation is 3. The van der Waals surface area contributed by atoms with E-state index in [0.717, 1.165) is 39.3 Å². The Morgan fingerprint density at radius 3 is 1.86 bits per heavy atom. The minimum absolute atomic E-state index is 0.225. The summed E-state index contributed by atoms with van der Waals surface area (Å²) in [5, 5.41) is 7.80. The van der Waals surface area contributed by atoms with E-state index < -0.39 is 0 Å². The molecule has 0 radical (unpaired) electrons. The fourth-order valence-electron chi connectivity index (χ4n) is 4.48. The van der Waals surface area contributed by atoms with Crippen LogP contribution in [0.4, 0.5) is 5.69 Å². The van der Waals surface area contributed by atoms with Gasteiger partial charge in [0.15, 0.2) is 5.69 Å². The van der Waals surface area contributed by atoms with Crippen LogP contribution >= 0.6 is 0 Å². The van der Waals surface area contributed by atoms with E-state index in [1.165, 1.54) is 11.1 Å². The predicted molar refractivity (Wildman–Crippen MR) is 143 cm³/mol. The van der Waals surface area contributed by atoms with Gasteiger partial charge >= 0.3 is 0 Å². The van der Waals surface area contributed by atoms with E-state index in [0.29, 0.717) is 5.69 Å². The highest BCUT2D eigenvalue weighted by molar-refractivity contribution is 6.04. The van der Waals surface area contributed by atoms with Crippen molar-refractivity contribution in [3.05, 3.63) is 126 Å². The number of benzene rings is 4. The lowest BCUT2D eigenvalue weighted by molar-refractivity contribution is 0.102. The van der Waals surface area contributed by atoms with Gasteiger partial charge in [-0.25, -0.2) is 4.68 Å². The maximum atomic E-state index is 13.3. The number of hydrogen-bond acceptors (Lipinski definition) is 2. The van der Waals surface area contributed by atoms with Gasteiger partial charge in [0.05, 0.1) is 11.4 Å². The molecule has 0 spiro atoms. The Morgan fingerprint density at radius 1 is 0.686 bits per heavy atom. The average molecular weight is 458 g/mol. The van der Waals surface area contributed by atoms with Crippen molar-refractivity contribution in [2.45, 2.75) is 20.8 Å². The number of aromatic nitrogens is 2. The van der Waals surface area contributed by atoms with E-state index >= 15 is 0 Å². The number of rotatable bonds is 5. The lowest BCUT2D eigenvalue weighted by Crippen LogP contribution is -2.15. The number of carbonyl (C=O) groups is 1. The summed E-state index contributed by atoms with van der Waals surface area (Å²) in [4.78, 5) is 13.3. The quantitative estimate of drug-likeness (QED) is 0.299. The molecule has 0 saturated carbocycles. The summed E-state index contributed by atoms with van der Waals surface area (Å²) in [6, 6.07) is 34.6. The van der Waals surface area contributed by atoms with Crippen LogP contribution in [0.25, 0.3) is 28.1 Å². The molecule has 0 saturated heterocycles. The highest BCUT2D eigenvalue weighted by Gasteiger charge is 2.18. The van der Waals surface area contributed by atoms with Gasteiger partial charge in [-0.2, -0.15) is 5.10 Å². The predicted octanol–water partition coefficient (Wildman–Crippen LogP) is 7.38. The third-order valence-corrected chi connectivity index (χ3v) is 6.15. The van der Waals surface area contributed by atoms with Crippen molar-refractivity contribution in [2.75, 3.05) is 5.32 Å². The Kier molecular flexibility index (Phi) is 6.02. The molecular weight excluding hydrogens is 430 g/mol. The lowest BCUT2D eigenvalue weighted by Gasteiger charge is -2.12. The van der Waals surface area contributed by atoms with Gasteiger partial charge < -0.3 is 5.32 Å². The van der Waals surface area contributed by atoms with Gasteiger partial charge in [-0.3, -0.25) is 4.79 Å². The molecule has 35 heavy (non-hydrogen) atoms. The third-order valence-electron chi connectivity index (χ3n) is 6.15. The summed E-state index contributed by atoms with van der Waals surface area (Å²) >= 11 is 0. The van der Waals surface area contributed by atoms with Crippen LogP contribution in [0.2, 0.25) is 0 Å². The smallest absolute Gasteiger partial charge is 0.276 e. The van der Waals surface area contributed by atoms with E-state index in [2.05, 4.69) is 60.8 Å². The van der Waals surface area contributed by atoms with Gasteiger partial charge in [0.1, 0.15) is 0 Å². The van der Waals surface area contributed by atoms with E-state index in [9.17, 15) is 4.79 Å². The Bertz CT molecular complexity index is 1460. The van der Waals surface area contributed by atoms with E-state index in [1.54, 1.807) is 0 Å². The number of amides is 1. The third kappa shape index (κ3) is 4.64. The normalized spacial score (nSPS) is 10.8. The average Bonchev–Trinajstić information content (AvgIpc) is 3.33. The first kappa shape index (κ1) is 22.4. The Hall–Kier alpha value is -4.44. The molecule has 1 amide bonds. The number of nitrogens with zero attached hydrogens (tertiary/aromatic N) is 2. The van der Waals surface area contributed by atoms with Crippen molar-refractivity contribution in [3.63, 3.8) is 0 Å². The molecule has 5 rings (SSSR count). The summed E-state index contributed by atoms with van der Waals surface area (Å²) in [5.41, 5.74) is 9.51. The largest absolute Gasteiger partial charge is 0.320 e. The van der Waals surface area contributed by atoms with Crippen LogP contribution in [-0.2, 0) is 0 Å².